The van der Waals surface area contributed by atoms with Gasteiger partial charge in [0, 0.05) is 0 Å². The van der Waals surface area contributed by atoms with E-state index in [0.717, 1.165) is 6.42 Å². The maximum Gasteiger partial charge on any atom is 0.0581 e. The van der Waals surface area contributed by atoms with Crippen molar-refractivity contribution < 1.29 is 0 Å². The molecule has 0 amide bonds. The summed E-state index contributed by atoms with van der Waals surface area (Å²) in [6.45, 7) is 4.28. The van der Waals surface area contributed by atoms with Crippen LogP contribution in [0.5, 0.6) is 0 Å². The number of hydrogen-bond donors (Lipinski definition) is 0. The molecule has 0 saturated heterocycles. The van der Waals surface area contributed by atoms with Gasteiger partial charge in [0.2, 0.25) is 0 Å². The summed E-state index contributed by atoms with van der Waals surface area (Å²) >= 11 is 6.01. The molecule has 2 atom stereocenters. The second-order valence-corrected chi connectivity index (χ2v) is 3.26. The second kappa shape index (κ2) is 3.25. The number of alkyl halides is 1. The molecule has 10 heavy (non-hydrogen) atoms. The lowest BCUT2D eigenvalue weighted by molar-refractivity contribution is 0.735. The predicted octanol–water partition coefficient (Wildman–Crippen LogP) is 3.14. The van der Waals surface area contributed by atoms with E-state index >= 15 is 0 Å². The molecule has 1 unspecified atom stereocenters. The Kier molecular flexibility index (Phi) is 2.56. The van der Waals surface area contributed by atoms with Crippen molar-refractivity contribution >= 4 is 11.6 Å². The second-order valence-electron chi connectivity index (χ2n) is 2.76. The molecule has 0 aliphatic heterocycles. The van der Waals surface area contributed by atoms with Gasteiger partial charge in [-0.1, -0.05) is 37.6 Å². The normalized spacial score (nSPS) is 32.1. The van der Waals surface area contributed by atoms with E-state index in [0.29, 0.717) is 5.92 Å². The highest BCUT2D eigenvalue weighted by molar-refractivity contribution is 6.22. The Morgan fingerprint density at radius 2 is 2.30 bits per heavy atom. The number of hydrogen-bond acceptors (Lipinski definition) is 0. The summed E-state index contributed by atoms with van der Waals surface area (Å²) < 4.78 is 0. The molecule has 0 spiro atoms. The van der Waals surface area contributed by atoms with E-state index in [9.17, 15) is 0 Å². The van der Waals surface area contributed by atoms with Crippen LogP contribution in [0.25, 0.3) is 0 Å². The van der Waals surface area contributed by atoms with Crippen molar-refractivity contribution in [1.29, 1.82) is 0 Å². The first kappa shape index (κ1) is 7.87. The topological polar surface area (TPSA) is 0 Å². The van der Waals surface area contributed by atoms with Crippen LogP contribution in [0.1, 0.15) is 20.3 Å². The summed E-state index contributed by atoms with van der Waals surface area (Å²) in [4.78, 5) is 0. The zero-order valence-electron chi connectivity index (χ0n) is 6.47. The van der Waals surface area contributed by atoms with Gasteiger partial charge < -0.3 is 0 Å². The van der Waals surface area contributed by atoms with Gasteiger partial charge in [0.05, 0.1) is 5.38 Å². The van der Waals surface area contributed by atoms with Gasteiger partial charge in [-0.15, -0.1) is 11.6 Å². The highest BCUT2D eigenvalue weighted by Crippen LogP contribution is 2.22. The summed E-state index contributed by atoms with van der Waals surface area (Å²) in [6.07, 6.45) is 7.58. The molecule has 0 radical (unpaired) electrons. The van der Waals surface area contributed by atoms with E-state index in [1.54, 1.807) is 0 Å². The van der Waals surface area contributed by atoms with Crippen LogP contribution in [-0.4, -0.2) is 5.38 Å². The fraction of sp³-hybridized carbons (Fsp3) is 0.556. The molecule has 0 aromatic carbocycles. The summed E-state index contributed by atoms with van der Waals surface area (Å²) in [5.74, 6) is 0.497. The van der Waals surface area contributed by atoms with Gasteiger partial charge >= 0.3 is 0 Å². The molecule has 0 aromatic rings. The largest absolute Gasteiger partial charge is 0.118 e. The van der Waals surface area contributed by atoms with E-state index in [1.165, 1.54) is 5.57 Å². The summed E-state index contributed by atoms with van der Waals surface area (Å²) in [6, 6.07) is 0. The van der Waals surface area contributed by atoms with Crippen molar-refractivity contribution in [2.45, 2.75) is 25.6 Å². The molecule has 1 aliphatic carbocycles. The van der Waals surface area contributed by atoms with Crippen LogP contribution in [0.4, 0.5) is 0 Å². The Balaban J connectivity index is 2.66. The summed E-state index contributed by atoms with van der Waals surface area (Å²) in [7, 11) is 0. The third-order valence-electron chi connectivity index (χ3n) is 1.90. The average molecular weight is 157 g/mol. The van der Waals surface area contributed by atoms with Crippen molar-refractivity contribution in [1.82, 2.24) is 0 Å². The van der Waals surface area contributed by atoms with Crippen molar-refractivity contribution in [3.8, 4) is 0 Å². The van der Waals surface area contributed by atoms with E-state index in [1.807, 2.05) is 0 Å². The van der Waals surface area contributed by atoms with Crippen LogP contribution in [-0.2, 0) is 0 Å². The first-order valence-electron chi connectivity index (χ1n) is 3.77. The predicted molar refractivity (Wildman–Crippen MR) is 46.3 cm³/mol. The molecule has 1 heteroatoms. The maximum absolute atomic E-state index is 6.01. The Morgan fingerprint density at radius 3 is 2.80 bits per heavy atom. The molecule has 0 saturated carbocycles. The molecule has 0 aromatic heterocycles. The van der Waals surface area contributed by atoms with Gasteiger partial charge in [-0.3, -0.25) is 0 Å². The summed E-state index contributed by atoms with van der Waals surface area (Å²) in [5, 5.41) is 0.208. The number of rotatable bonds is 1. The lowest BCUT2D eigenvalue weighted by atomic mass is 9.97. The average Bonchev–Trinajstić information content (AvgIpc) is 1.95. The van der Waals surface area contributed by atoms with Crippen LogP contribution in [0, 0.1) is 5.92 Å². The first-order chi connectivity index (χ1) is 4.74. The minimum Gasteiger partial charge on any atom is -0.118 e. The van der Waals surface area contributed by atoms with Crippen molar-refractivity contribution in [3.63, 3.8) is 0 Å². The minimum atomic E-state index is 0.208. The van der Waals surface area contributed by atoms with Gasteiger partial charge in [0.15, 0.2) is 0 Å². The quantitative estimate of drug-likeness (QED) is 0.512. The van der Waals surface area contributed by atoms with E-state index in [4.69, 9.17) is 11.6 Å². The van der Waals surface area contributed by atoms with Crippen molar-refractivity contribution in [2.75, 3.05) is 0 Å². The molecule has 56 valence electrons. The Hall–Kier alpha value is -0.230. The van der Waals surface area contributed by atoms with E-state index < -0.39 is 0 Å². The first-order valence-corrected chi connectivity index (χ1v) is 4.20. The van der Waals surface area contributed by atoms with Gasteiger partial charge in [-0.25, -0.2) is 0 Å². The number of allylic oxidation sites excluding steroid dienone is 4. The van der Waals surface area contributed by atoms with E-state index in [-0.39, 0.29) is 5.38 Å². The van der Waals surface area contributed by atoms with Crippen LogP contribution >= 0.6 is 11.6 Å². The van der Waals surface area contributed by atoms with Gasteiger partial charge in [0.1, 0.15) is 0 Å². The van der Waals surface area contributed by atoms with Crippen LogP contribution in [0.2, 0.25) is 0 Å². The van der Waals surface area contributed by atoms with Crippen LogP contribution in [0.3, 0.4) is 0 Å². The monoisotopic (exact) mass is 156 g/mol. The van der Waals surface area contributed by atoms with E-state index in [2.05, 4.69) is 32.1 Å². The van der Waals surface area contributed by atoms with Crippen molar-refractivity contribution in [3.05, 3.63) is 23.8 Å². The molecule has 0 bridgehead atoms. The highest BCUT2D eigenvalue weighted by atomic mass is 35.5. The van der Waals surface area contributed by atoms with Gasteiger partial charge in [-0.2, -0.15) is 0 Å². The van der Waals surface area contributed by atoms with Crippen LogP contribution < -0.4 is 0 Å². The standard InChI is InChI=1S/C9H13Cl/c1-3-8-5-4-7(2)9(10)6-8/h4-7,9H,3H2,1-2H3/t7-,9?/m0/s1. The molecule has 1 aliphatic rings. The Bertz CT molecular complexity index is 168. The Labute approximate surface area is 67.6 Å². The maximum atomic E-state index is 6.01. The molecule has 0 N–H and O–H groups in total. The zero-order valence-corrected chi connectivity index (χ0v) is 7.23. The lowest BCUT2D eigenvalue weighted by Crippen LogP contribution is -2.09. The zero-order chi connectivity index (χ0) is 7.56. The molecule has 0 heterocycles. The van der Waals surface area contributed by atoms with Crippen LogP contribution in [0.15, 0.2) is 23.8 Å². The molecule has 0 fully saturated rings. The minimum absolute atomic E-state index is 0.208. The lowest BCUT2D eigenvalue weighted by Gasteiger charge is -2.16. The fourth-order valence-corrected chi connectivity index (χ4v) is 1.27. The van der Waals surface area contributed by atoms with Gasteiger partial charge in [0.25, 0.3) is 0 Å². The Morgan fingerprint density at radius 1 is 1.60 bits per heavy atom. The summed E-state index contributed by atoms with van der Waals surface area (Å²) in [5.41, 5.74) is 1.36. The molecule has 1 rings (SSSR count). The number of halogens is 1. The van der Waals surface area contributed by atoms with Gasteiger partial charge in [-0.05, 0) is 12.3 Å². The highest BCUT2D eigenvalue weighted by Gasteiger charge is 2.12. The third-order valence-corrected chi connectivity index (χ3v) is 2.42. The fourth-order valence-electron chi connectivity index (χ4n) is 1.03. The SMILES string of the molecule is CCC1=CC(Cl)[C@@H](C)C=C1. The van der Waals surface area contributed by atoms with Crippen molar-refractivity contribution in [2.24, 2.45) is 5.92 Å². The molecular formula is C9H13Cl. The molecular weight excluding hydrogens is 144 g/mol. The third kappa shape index (κ3) is 1.63. The molecule has 0 nitrogen and oxygen atoms in total. The smallest absolute Gasteiger partial charge is 0.0581 e.